The summed E-state index contributed by atoms with van der Waals surface area (Å²) in [5.41, 5.74) is 1.97. The van der Waals surface area contributed by atoms with Gasteiger partial charge in [-0.25, -0.2) is 0 Å². The molecule has 0 heterocycles. The largest absolute Gasteiger partial charge is 0.330 e. The van der Waals surface area contributed by atoms with Crippen molar-refractivity contribution in [1.82, 2.24) is 0 Å². The first-order chi connectivity index (χ1) is 12.0. The summed E-state index contributed by atoms with van der Waals surface area (Å²) in [5, 5.41) is 8.06. The van der Waals surface area contributed by atoms with Crippen molar-refractivity contribution in [2.24, 2.45) is 0 Å². The fraction of sp³-hybridized carbons (Fsp3) is 0.190. The van der Waals surface area contributed by atoms with Gasteiger partial charge in [0, 0.05) is 16.3 Å². The van der Waals surface area contributed by atoms with E-state index < -0.39 is 0 Å². The Morgan fingerprint density at radius 1 is 0.960 bits per heavy atom. The molecule has 0 aliphatic carbocycles. The van der Waals surface area contributed by atoms with Crippen molar-refractivity contribution in [2.75, 3.05) is 5.32 Å². The number of amides is 1. The second-order valence-electron chi connectivity index (χ2n) is 6.37. The number of nitrogens with one attached hydrogen (secondary N) is 1. The van der Waals surface area contributed by atoms with Crippen LogP contribution in [0.25, 0.3) is 10.8 Å². The zero-order valence-electron chi connectivity index (χ0n) is 14.4. The zero-order valence-corrected chi connectivity index (χ0v) is 15.1. The van der Waals surface area contributed by atoms with Gasteiger partial charge in [-0.15, -0.1) is 0 Å². The molecular formula is C21H22ClN2O+. The molecule has 3 aromatic carbocycles. The molecule has 0 bridgehead atoms. The minimum absolute atomic E-state index is 0.00362. The number of rotatable bonds is 5. The van der Waals surface area contributed by atoms with Crippen molar-refractivity contribution in [3.8, 4) is 0 Å². The van der Waals surface area contributed by atoms with Crippen LogP contribution in [0.5, 0.6) is 0 Å². The maximum Gasteiger partial charge on any atom is 0.282 e. The maximum atomic E-state index is 12.5. The molecule has 0 aromatic heterocycles. The first-order valence-corrected chi connectivity index (χ1v) is 8.81. The average Bonchev–Trinajstić information content (AvgIpc) is 2.62. The lowest BCUT2D eigenvalue weighted by molar-refractivity contribution is -0.709. The highest BCUT2D eigenvalue weighted by Crippen LogP contribution is 2.19. The highest BCUT2D eigenvalue weighted by Gasteiger charge is 2.20. The summed E-state index contributed by atoms with van der Waals surface area (Å²) in [5.74, 6) is -0.00362. The van der Waals surface area contributed by atoms with Gasteiger partial charge >= 0.3 is 0 Å². The van der Waals surface area contributed by atoms with Crippen molar-refractivity contribution in [1.29, 1.82) is 0 Å². The summed E-state index contributed by atoms with van der Waals surface area (Å²) >= 11 is 5.93. The van der Waals surface area contributed by atoms with Crippen molar-refractivity contribution < 1.29 is 10.1 Å². The van der Waals surface area contributed by atoms with Gasteiger partial charge < -0.3 is 10.6 Å². The van der Waals surface area contributed by atoms with E-state index in [1.54, 1.807) is 0 Å². The lowest BCUT2D eigenvalue weighted by Gasteiger charge is -2.17. The molecule has 3 aromatic rings. The van der Waals surface area contributed by atoms with Crippen LogP contribution in [0.2, 0.25) is 5.02 Å². The molecule has 0 unspecified atom stereocenters. The predicted octanol–water partition coefficient (Wildman–Crippen LogP) is 4.14. The van der Waals surface area contributed by atoms with Crippen LogP contribution in [-0.2, 0) is 4.79 Å². The third-order valence-corrected chi connectivity index (χ3v) is 4.66. The van der Waals surface area contributed by atoms with Gasteiger partial charge in [-0.1, -0.05) is 54.1 Å². The normalized spacial score (nSPS) is 13.4. The van der Waals surface area contributed by atoms with Crippen LogP contribution < -0.4 is 10.6 Å². The second kappa shape index (κ2) is 7.68. The molecule has 4 heteroatoms. The number of carbonyl (C=O) groups is 1. The first-order valence-electron chi connectivity index (χ1n) is 8.43. The molecule has 2 atom stereocenters. The molecule has 0 aliphatic heterocycles. The summed E-state index contributed by atoms with van der Waals surface area (Å²) in [7, 11) is 0. The van der Waals surface area contributed by atoms with Gasteiger partial charge in [-0.3, -0.25) is 4.79 Å². The Hall–Kier alpha value is -2.36. The Morgan fingerprint density at radius 3 is 2.36 bits per heavy atom. The number of carbonyl (C=O) groups excluding carboxylic acids is 1. The van der Waals surface area contributed by atoms with E-state index >= 15 is 0 Å². The Balaban J connectivity index is 1.64. The number of quaternary nitrogens is 1. The Labute approximate surface area is 153 Å². The molecule has 0 saturated carbocycles. The van der Waals surface area contributed by atoms with E-state index in [0.29, 0.717) is 0 Å². The number of hydrogen-bond acceptors (Lipinski definition) is 1. The van der Waals surface area contributed by atoms with Crippen LogP contribution in [0.15, 0.2) is 66.7 Å². The van der Waals surface area contributed by atoms with Crippen LogP contribution in [-0.4, -0.2) is 11.9 Å². The molecule has 0 radical (unpaired) electrons. The minimum atomic E-state index is -0.197. The van der Waals surface area contributed by atoms with Gasteiger partial charge in [0.05, 0.1) is 0 Å². The van der Waals surface area contributed by atoms with Crippen molar-refractivity contribution in [3.05, 3.63) is 77.3 Å². The predicted molar refractivity (Wildman–Crippen MR) is 104 cm³/mol. The van der Waals surface area contributed by atoms with Crippen LogP contribution in [0, 0.1) is 0 Å². The van der Waals surface area contributed by atoms with Gasteiger partial charge in [0.25, 0.3) is 5.91 Å². The van der Waals surface area contributed by atoms with Gasteiger partial charge in [0.1, 0.15) is 6.04 Å². The van der Waals surface area contributed by atoms with E-state index in [1.165, 1.54) is 0 Å². The van der Waals surface area contributed by atoms with Gasteiger partial charge in [0.15, 0.2) is 6.04 Å². The number of benzene rings is 3. The third-order valence-electron chi connectivity index (χ3n) is 4.40. The third kappa shape index (κ3) is 4.38. The van der Waals surface area contributed by atoms with E-state index in [-0.39, 0.29) is 18.0 Å². The van der Waals surface area contributed by atoms with E-state index in [0.717, 1.165) is 27.0 Å². The molecule has 3 nitrogen and oxygen atoms in total. The fourth-order valence-corrected chi connectivity index (χ4v) is 3.05. The quantitative estimate of drug-likeness (QED) is 0.711. The van der Waals surface area contributed by atoms with Crippen LogP contribution >= 0.6 is 11.6 Å². The van der Waals surface area contributed by atoms with E-state index in [1.807, 2.05) is 67.6 Å². The van der Waals surface area contributed by atoms with Crippen molar-refractivity contribution in [2.45, 2.75) is 25.9 Å². The SMILES string of the molecule is C[C@H]([NH2+][C@H](C)C(=O)Nc1ccc2ccccc2c1)c1ccc(Cl)cc1. The summed E-state index contributed by atoms with van der Waals surface area (Å²) in [6, 6.07) is 21.8. The summed E-state index contributed by atoms with van der Waals surface area (Å²) in [6.07, 6.45) is 0. The Morgan fingerprint density at radius 2 is 1.64 bits per heavy atom. The number of fused-ring (bicyclic) bond motifs is 1. The number of nitrogens with two attached hydrogens (primary N) is 1. The van der Waals surface area contributed by atoms with Crippen molar-refractivity contribution in [3.63, 3.8) is 0 Å². The topological polar surface area (TPSA) is 45.7 Å². The molecule has 25 heavy (non-hydrogen) atoms. The van der Waals surface area contributed by atoms with Gasteiger partial charge in [0.2, 0.25) is 0 Å². The standard InChI is InChI=1S/C21H21ClN2O/c1-14(16-7-10-19(22)11-8-16)23-15(2)21(25)24-20-12-9-17-5-3-4-6-18(17)13-20/h3-15,23H,1-2H3,(H,24,25)/p+1/t14-,15+/m0/s1. The Bertz CT molecular complexity index is 876. The lowest BCUT2D eigenvalue weighted by atomic mass is 10.1. The summed E-state index contributed by atoms with van der Waals surface area (Å²) in [6.45, 7) is 4.01. The Kier molecular flexibility index (Phi) is 5.37. The molecule has 3 rings (SSSR count). The smallest absolute Gasteiger partial charge is 0.282 e. The molecule has 128 valence electrons. The molecule has 0 fully saturated rings. The lowest BCUT2D eigenvalue weighted by Crippen LogP contribution is -2.91. The number of hydrogen-bond donors (Lipinski definition) is 2. The second-order valence-corrected chi connectivity index (χ2v) is 6.81. The molecule has 3 N–H and O–H groups in total. The van der Waals surface area contributed by atoms with Gasteiger partial charge in [-0.05, 0) is 48.9 Å². The fourth-order valence-electron chi connectivity index (χ4n) is 2.92. The minimum Gasteiger partial charge on any atom is -0.330 e. The van der Waals surface area contributed by atoms with Gasteiger partial charge in [-0.2, -0.15) is 0 Å². The zero-order chi connectivity index (χ0) is 17.8. The van der Waals surface area contributed by atoms with Crippen LogP contribution in [0.1, 0.15) is 25.5 Å². The van der Waals surface area contributed by atoms with Crippen LogP contribution in [0.3, 0.4) is 0 Å². The monoisotopic (exact) mass is 353 g/mol. The highest BCUT2D eigenvalue weighted by atomic mass is 35.5. The van der Waals surface area contributed by atoms with Crippen molar-refractivity contribution >= 4 is 34.0 Å². The maximum absolute atomic E-state index is 12.5. The number of anilines is 1. The number of halogens is 1. The van der Waals surface area contributed by atoms with Crippen LogP contribution in [0.4, 0.5) is 5.69 Å². The first kappa shape index (κ1) is 17.5. The molecular weight excluding hydrogens is 332 g/mol. The van der Waals surface area contributed by atoms with E-state index in [9.17, 15) is 4.79 Å². The summed E-state index contributed by atoms with van der Waals surface area (Å²) < 4.78 is 0. The molecule has 0 aliphatic rings. The molecule has 1 amide bonds. The molecule has 0 saturated heterocycles. The molecule has 0 spiro atoms. The average molecular weight is 354 g/mol. The summed E-state index contributed by atoms with van der Waals surface area (Å²) in [4.78, 5) is 12.5. The highest BCUT2D eigenvalue weighted by molar-refractivity contribution is 6.30. The van der Waals surface area contributed by atoms with E-state index in [2.05, 4.69) is 23.6 Å². The van der Waals surface area contributed by atoms with E-state index in [4.69, 9.17) is 11.6 Å².